The summed E-state index contributed by atoms with van der Waals surface area (Å²) < 4.78 is 0. The van der Waals surface area contributed by atoms with E-state index in [1.165, 1.54) is 18.2 Å². The van der Waals surface area contributed by atoms with Gasteiger partial charge >= 0.3 is 11.8 Å². The Kier molecular flexibility index (Phi) is 5.54. The van der Waals surface area contributed by atoms with Crippen molar-refractivity contribution < 1.29 is 9.59 Å². The number of rotatable bonds is 3. The Morgan fingerprint density at radius 2 is 1.78 bits per heavy atom. The van der Waals surface area contributed by atoms with Gasteiger partial charge in [-0.2, -0.15) is 5.10 Å². The number of carbonyl (C=O) groups excluding carboxylic acids is 2. The molecule has 0 spiro atoms. The van der Waals surface area contributed by atoms with Gasteiger partial charge in [-0.1, -0.05) is 41.4 Å². The molecule has 3 rings (SSSR count). The maximum Gasteiger partial charge on any atom is 0.329 e. The molecular weight excluding hydrogens is 391 g/mol. The minimum atomic E-state index is -1.01. The van der Waals surface area contributed by atoms with Crippen molar-refractivity contribution in [1.29, 1.82) is 0 Å². The van der Waals surface area contributed by atoms with E-state index in [1.807, 2.05) is 12.1 Å². The van der Waals surface area contributed by atoms with Gasteiger partial charge in [-0.3, -0.25) is 14.4 Å². The highest BCUT2D eigenvalue weighted by Crippen LogP contribution is 2.24. The molecule has 0 aliphatic carbocycles. The number of halogens is 2. The van der Waals surface area contributed by atoms with Crippen molar-refractivity contribution in [3.8, 4) is 0 Å². The van der Waals surface area contributed by atoms with E-state index in [2.05, 4.69) is 20.8 Å². The Bertz CT molecular complexity index is 1130. The molecule has 1 heterocycles. The van der Waals surface area contributed by atoms with E-state index in [9.17, 15) is 14.4 Å². The molecule has 9 heteroatoms. The summed E-state index contributed by atoms with van der Waals surface area (Å²) in [6, 6.07) is 13.2. The Balaban J connectivity index is 1.66. The summed E-state index contributed by atoms with van der Waals surface area (Å²) in [4.78, 5) is 38.3. The molecule has 0 radical (unpaired) electrons. The second-order valence-corrected chi connectivity index (χ2v) is 6.24. The molecule has 0 bridgehead atoms. The SMILES string of the molecule is O=C(N/N=C/c1cc2ccccc2[nH]c1=O)C(=O)Nc1ccc(Cl)c(Cl)c1. The van der Waals surface area contributed by atoms with E-state index in [-0.39, 0.29) is 16.1 Å². The number of nitrogens with zero attached hydrogens (tertiary/aromatic N) is 1. The summed E-state index contributed by atoms with van der Waals surface area (Å²) in [5, 5.41) is 7.38. The van der Waals surface area contributed by atoms with Gasteiger partial charge in [-0.05, 0) is 35.7 Å². The van der Waals surface area contributed by atoms with Crippen LogP contribution in [-0.4, -0.2) is 23.0 Å². The van der Waals surface area contributed by atoms with Gasteiger partial charge in [0.05, 0.1) is 21.8 Å². The molecule has 0 atom stereocenters. The van der Waals surface area contributed by atoms with Gasteiger partial charge in [0.15, 0.2) is 0 Å². The number of benzene rings is 2. The maximum absolute atomic E-state index is 12.0. The van der Waals surface area contributed by atoms with Crippen LogP contribution in [0.1, 0.15) is 5.56 Å². The van der Waals surface area contributed by atoms with Crippen LogP contribution < -0.4 is 16.3 Å². The zero-order valence-corrected chi connectivity index (χ0v) is 15.1. The molecule has 7 nitrogen and oxygen atoms in total. The number of nitrogens with one attached hydrogen (secondary N) is 3. The third-order valence-corrected chi connectivity index (χ3v) is 4.27. The molecule has 0 saturated carbocycles. The van der Waals surface area contributed by atoms with E-state index in [0.717, 1.165) is 11.6 Å². The van der Waals surface area contributed by atoms with Crippen LogP contribution in [0.2, 0.25) is 10.0 Å². The lowest BCUT2D eigenvalue weighted by Gasteiger charge is -2.05. The molecule has 0 fully saturated rings. The molecule has 136 valence electrons. The summed E-state index contributed by atoms with van der Waals surface area (Å²) in [7, 11) is 0. The Morgan fingerprint density at radius 1 is 1.00 bits per heavy atom. The number of fused-ring (bicyclic) bond motifs is 1. The lowest BCUT2D eigenvalue weighted by Crippen LogP contribution is -2.32. The first-order chi connectivity index (χ1) is 12.9. The molecule has 1 aromatic heterocycles. The highest BCUT2D eigenvalue weighted by molar-refractivity contribution is 6.42. The second kappa shape index (κ2) is 8.03. The van der Waals surface area contributed by atoms with Crippen molar-refractivity contribution >= 4 is 57.8 Å². The van der Waals surface area contributed by atoms with Crippen LogP contribution >= 0.6 is 23.2 Å². The molecule has 27 heavy (non-hydrogen) atoms. The lowest BCUT2D eigenvalue weighted by molar-refractivity contribution is -0.136. The molecule has 3 aromatic rings. The number of aromatic nitrogens is 1. The molecule has 3 N–H and O–H groups in total. The number of hydrogen-bond acceptors (Lipinski definition) is 4. The first kappa shape index (κ1) is 18.6. The first-order valence-corrected chi connectivity index (χ1v) is 8.41. The van der Waals surface area contributed by atoms with Crippen molar-refractivity contribution in [3.63, 3.8) is 0 Å². The van der Waals surface area contributed by atoms with Crippen molar-refractivity contribution in [1.82, 2.24) is 10.4 Å². The van der Waals surface area contributed by atoms with Crippen molar-refractivity contribution in [3.05, 3.63) is 74.5 Å². The summed E-state index contributed by atoms with van der Waals surface area (Å²) in [6.45, 7) is 0. The van der Waals surface area contributed by atoms with Crippen LogP contribution in [0, 0.1) is 0 Å². The molecule has 0 saturated heterocycles. The van der Waals surface area contributed by atoms with Gasteiger partial charge in [0.2, 0.25) is 0 Å². The molecular formula is C18H12Cl2N4O3. The van der Waals surface area contributed by atoms with Gasteiger partial charge in [0.25, 0.3) is 5.56 Å². The quantitative estimate of drug-likeness (QED) is 0.356. The van der Waals surface area contributed by atoms with Crippen LogP contribution in [-0.2, 0) is 9.59 Å². The van der Waals surface area contributed by atoms with Crippen LogP contribution in [0.5, 0.6) is 0 Å². The summed E-state index contributed by atoms with van der Waals surface area (Å²) in [6.07, 6.45) is 1.16. The first-order valence-electron chi connectivity index (χ1n) is 7.65. The fourth-order valence-electron chi connectivity index (χ4n) is 2.23. The van der Waals surface area contributed by atoms with E-state index in [0.29, 0.717) is 16.2 Å². The normalized spacial score (nSPS) is 10.9. The molecule has 2 amide bonds. The fourth-order valence-corrected chi connectivity index (χ4v) is 2.53. The summed E-state index contributed by atoms with van der Waals surface area (Å²) in [5.74, 6) is -1.95. The third kappa shape index (κ3) is 4.52. The van der Waals surface area contributed by atoms with Crippen LogP contribution in [0.4, 0.5) is 5.69 Å². The highest BCUT2D eigenvalue weighted by Gasteiger charge is 2.13. The Morgan fingerprint density at radius 3 is 2.56 bits per heavy atom. The number of hydrogen-bond donors (Lipinski definition) is 3. The minimum Gasteiger partial charge on any atom is -0.321 e. The largest absolute Gasteiger partial charge is 0.329 e. The van der Waals surface area contributed by atoms with Crippen molar-refractivity contribution in [2.75, 3.05) is 5.32 Å². The van der Waals surface area contributed by atoms with E-state index < -0.39 is 11.8 Å². The molecule has 0 aliphatic rings. The number of H-pyrrole nitrogens is 1. The number of amides is 2. The summed E-state index contributed by atoms with van der Waals surface area (Å²) in [5.41, 5.74) is 2.92. The van der Waals surface area contributed by atoms with Crippen molar-refractivity contribution in [2.45, 2.75) is 0 Å². The number of carbonyl (C=O) groups is 2. The monoisotopic (exact) mass is 402 g/mol. The maximum atomic E-state index is 12.0. The smallest absolute Gasteiger partial charge is 0.321 e. The average Bonchev–Trinajstić information content (AvgIpc) is 2.65. The highest BCUT2D eigenvalue weighted by atomic mass is 35.5. The third-order valence-electron chi connectivity index (χ3n) is 3.54. The van der Waals surface area contributed by atoms with Crippen LogP contribution in [0.15, 0.2) is 58.4 Å². The Labute approximate surface area is 163 Å². The number of pyridine rings is 1. The van der Waals surface area contributed by atoms with Gasteiger partial charge < -0.3 is 10.3 Å². The summed E-state index contributed by atoms with van der Waals surface area (Å²) >= 11 is 11.6. The topological polar surface area (TPSA) is 103 Å². The standard InChI is InChI=1S/C18H12Cl2N4O3/c19-13-6-5-12(8-14(13)20)22-17(26)18(27)24-21-9-11-7-10-3-1-2-4-15(10)23-16(11)25/h1-9H,(H,22,26)(H,23,25)(H,24,27)/b21-9+. The predicted molar refractivity (Wildman–Crippen MR) is 105 cm³/mol. The lowest BCUT2D eigenvalue weighted by atomic mass is 10.2. The average molecular weight is 403 g/mol. The fraction of sp³-hybridized carbons (Fsp3) is 0. The number of hydrazone groups is 1. The van der Waals surface area contributed by atoms with E-state index >= 15 is 0 Å². The minimum absolute atomic E-state index is 0.235. The Hall–Kier alpha value is -3.16. The number of aromatic amines is 1. The molecule has 0 unspecified atom stereocenters. The van der Waals surface area contributed by atoms with E-state index in [4.69, 9.17) is 23.2 Å². The van der Waals surface area contributed by atoms with Gasteiger partial charge in [-0.15, -0.1) is 0 Å². The van der Waals surface area contributed by atoms with Crippen LogP contribution in [0.25, 0.3) is 10.9 Å². The van der Waals surface area contributed by atoms with Crippen molar-refractivity contribution in [2.24, 2.45) is 5.10 Å². The zero-order valence-electron chi connectivity index (χ0n) is 13.6. The van der Waals surface area contributed by atoms with Gasteiger partial charge in [-0.25, -0.2) is 5.43 Å². The molecule has 0 aliphatic heterocycles. The van der Waals surface area contributed by atoms with Gasteiger partial charge in [0, 0.05) is 11.2 Å². The van der Waals surface area contributed by atoms with Crippen LogP contribution in [0.3, 0.4) is 0 Å². The van der Waals surface area contributed by atoms with E-state index in [1.54, 1.807) is 18.2 Å². The predicted octanol–water partition coefficient (Wildman–Crippen LogP) is 2.92. The zero-order chi connectivity index (χ0) is 19.4. The molecule has 2 aromatic carbocycles. The second-order valence-electron chi connectivity index (χ2n) is 5.42. The number of anilines is 1. The van der Waals surface area contributed by atoms with Gasteiger partial charge in [0.1, 0.15) is 0 Å². The number of para-hydroxylation sites is 1.